The van der Waals surface area contributed by atoms with Gasteiger partial charge >= 0.3 is 0 Å². The van der Waals surface area contributed by atoms with Crippen LogP contribution in [0.3, 0.4) is 0 Å². The van der Waals surface area contributed by atoms with Gasteiger partial charge in [0.05, 0.1) is 5.71 Å². The molecule has 2 aromatic carbocycles. The van der Waals surface area contributed by atoms with Crippen molar-refractivity contribution in [2.75, 3.05) is 14.1 Å². The van der Waals surface area contributed by atoms with Crippen LogP contribution in [0.25, 0.3) is 10.8 Å². The molecule has 0 fully saturated rings. The molecule has 0 saturated heterocycles. The Labute approximate surface area is 122 Å². The van der Waals surface area contributed by atoms with Gasteiger partial charge in [-0.05, 0) is 47.7 Å². The Kier molecular flexibility index (Phi) is 4.43. The Bertz CT molecular complexity index is 639. The van der Waals surface area contributed by atoms with E-state index < -0.39 is 0 Å². The summed E-state index contributed by atoms with van der Waals surface area (Å²) < 4.78 is 0. The lowest BCUT2D eigenvalue weighted by Gasteiger charge is -2.14. The number of hydrogen-bond acceptors (Lipinski definition) is 2. The van der Waals surface area contributed by atoms with Crippen LogP contribution < -0.4 is 0 Å². The van der Waals surface area contributed by atoms with E-state index >= 15 is 0 Å². The molecule has 0 amide bonds. The van der Waals surface area contributed by atoms with Crippen LogP contribution in [0, 0.1) is 0 Å². The summed E-state index contributed by atoms with van der Waals surface area (Å²) in [6.45, 7) is 6.51. The van der Waals surface area contributed by atoms with Gasteiger partial charge in [0.25, 0.3) is 0 Å². The Morgan fingerprint density at radius 3 is 2.35 bits per heavy atom. The SMILES string of the molecule is CCc1cc2cccc(CC)c2cc1/C(C)=N/N(C)C. The molecule has 0 atom stereocenters. The monoisotopic (exact) mass is 268 g/mol. The quantitative estimate of drug-likeness (QED) is 0.598. The lowest BCUT2D eigenvalue weighted by molar-refractivity contribution is 0.438. The number of nitrogens with zero attached hydrogens (tertiary/aromatic N) is 2. The minimum atomic E-state index is 1.03. The smallest absolute Gasteiger partial charge is 0.0649 e. The van der Waals surface area contributed by atoms with Crippen LogP contribution in [0.2, 0.25) is 0 Å². The Morgan fingerprint density at radius 1 is 1.05 bits per heavy atom. The zero-order valence-electron chi connectivity index (χ0n) is 13.2. The molecule has 0 unspecified atom stereocenters. The maximum Gasteiger partial charge on any atom is 0.0649 e. The largest absolute Gasteiger partial charge is 0.303 e. The third-order valence-corrected chi connectivity index (χ3v) is 3.70. The van der Waals surface area contributed by atoms with Crippen molar-refractivity contribution in [2.45, 2.75) is 33.6 Å². The minimum absolute atomic E-state index is 1.03. The average Bonchev–Trinajstić information content (AvgIpc) is 2.44. The molecule has 2 nitrogen and oxygen atoms in total. The molecule has 0 aliphatic heterocycles. The van der Waals surface area contributed by atoms with Gasteiger partial charge < -0.3 is 5.01 Å². The van der Waals surface area contributed by atoms with Gasteiger partial charge in [-0.3, -0.25) is 0 Å². The normalized spacial score (nSPS) is 11.9. The molecule has 0 radical (unpaired) electrons. The van der Waals surface area contributed by atoms with Gasteiger partial charge in [-0.1, -0.05) is 38.1 Å². The fraction of sp³-hybridized carbons (Fsp3) is 0.389. The molecule has 0 heterocycles. The fourth-order valence-electron chi connectivity index (χ4n) is 2.73. The molecule has 0 N–H and O–H groups in total. The van der Waals surface area contributed by atoms with Crippen LogP contribution in [0.5, 0.6) is 0 Å². The highest BCUT2D eigenvalue weighted by Crippen LogP contribution is 2.25. The molecule has 2 heteroatoms. The van der Waals surface area contributed by atoms with Crippen LogP contribution in [0.4, 0.5) is 0 Å². The maximum absolute atomic E-state index is 4.57. The van der Waals surface area contributed by atoms with E-state index in [-0.39, 0.29) is 0 Å². The molecular formula is C18H24N2. The molecule has 0 aromatic heterocycles. The molecule has 2 rings (SSSR count). The summed E-state index contributed by atoms with van der Waals surface area (Å²) in [7, 11) is 3.93. The molecule has 0 saturated carbocycles. The second-order valence-electron chi connectivity index (χ2n) is 5.39. The van der Waals surface area contributed by atoms with Gasteiger partial charge in [-0.25, -0.2) is 0 Å². The van der Waals surface area contributed by atoms with E-state index in [0.717, 1.165) is 18.6 Å². The second-order valence-corrected chi connectivity index (χ2v) is 5.39. The Morgan fingerprint density at radius 2 is 1.75 bits per heavy atom. The Balaban J connectivity index is 2.70. The van der Waals surface area contributed by atoms with Gasteiger partial charge in [0.2, 0.25) is 0 Å². The van der Waals surface area contributed by atoms with E-state index in [1.165, 1.54) is 27.5 Å². The van der Waals surface area contributed by atoms with Gasteiger partial charge in [0.15, 0.2) is 0 Å². The molecule has 2 aromatic rings. The summed E-state index contributed by atoms with van der Waals surface area (Å²) in [5, 5.41) is 9.13. The third-order valence-electron chi connectivity index (χ3n) is 3.70. The summed E-state index contributed by atoms with van der Waals surface area (Å²) in [6, 6.07) is 11.2. The molecule has 0 bridgehead atoms. The number of benzene rings is 2. The highest BCUT2D eigenvalue weighted by atomic mass is 15.4. The highest BCUT2D eigenvalue weighted by Gasteiger charge is 2.09. The first kappa shape index (κ1) is 14.6. The van der Waals surface area contributed by atoms with Crippen molar-refractivity contribution in [3.63, 3.8) is 0 Å². The summed E-state index contributed by atoms with van der Waals surface area (Å²) in [5.74, 6) is 0. The van der Waals surface area contributed by atoms with E-state index in [9.17, 15) is 0 Å². The predicted molar refractivity (Wildman–Crippen MR) is 88.6 cm³/mol. The second kappa shape index (κ2) is 6.08. The van der Waals surface area contributed by atoms with Crippen molar-refractivity contribution in [2.24, 2.45) is 5.10 Å². The van der Waals surface area contributed by atoms with Crippen molar-refractivity contribution in [3.8, 4) is 0 Å². The van der Waals surface area contributed by atoms with E-state index in [2.05, 4.69) is 56.2 Å². The predicted octanol–water partition coefficient (Wildman–Crippen LogP) is 4.25. The maximum atomic E-state index is 4.57. The van der Waals surface area contributed by atoms with Crippen molar-refractivity contribution < 1.29 is 0 Å². The van der Waals surface area contributed by atoms with E-state index in [1.54, 1.807) is 0 Å². The third kappa shape index (κ3) is 2.84. The van der Waals surface area contributed by atoms with Crippen LogP contribution >= 0.6 is 0 Å². The van der Waals surface area contributed by atoms with Gasteiger partial charge in [0, 0.05) is 19.7 Å². The fourth-order valence-corrected chi connectivity index (χ4v) is 2.73. The first-order valence-electron chi connectivity index (χ1n) is 7.34. The molecular weight excluding hydrogens is 244 g/mol. The van der Waals surface area contributed by atoms with Gasteiger partial charge in [0.1, 0.15) is 0 Å². The van der Waals surface area contributed by atoms with E-state index in [4.69, 9.17) is 0 Å². The van der Waals surface area contributed by atoms with Crippen LogP contribution in [0.15, 0.2) is 35.4 Å². The van der Waals surface area contributed by atoms with Crippen molar-refractivity contribution in [1.29, 1.82) is 0 Å². The number of hydrazone groups is 1. The summed E-state index contributed by atoms with van der Waals surface area (Å²) in [5.41, 5.74) is 5.13. The number of fused-ring (bicyclic) bond motifs is 1. The van der Waals surface area contributed by atoms with Gasteiger partial charge in [-0.2, -0.15) is 5.10 Å². The number of hydrogen-bond donors (Lipinski definition) is 0. The molecule has 0 spiro atoms. The molecule has 0 aliphatic carbocycles. The summed E-state index contributed by atoms with van der Waals surface area (Å²) in [4.78, 5) is 0. The molecule has 106 valence electrons. The lowest BCUT2D eigenvalue weighted by Crippen LogP contribution is -2.09. The zero-order valence-corrected chi connectivity index (χ0v) is 13.2. The number of rotatable bonds is 4. The summed E-state index contributed by atoms with van der Waals surface area (Å²) in [6.07, 6.45) is 2.09. The van der Waals surface area contributed by atoms with Crippen molar-refractivity contribution in [1.82, 2.24) is 5.01 Å². The average molecular weight is 268 g/mol. The lowest BCUT2D eigenvalue weighted by atomic mass is 9.94. The minimum Gasteiger partial charge on any atom is -0.303 e. The van der Waals surface area contributed by atoms with Crippen LogP contribution in [-0.4, -0.2) is 24.8 Å². The number of aryl methyl sites for hydroxylation is 2. The van der Waals surface area contributed by atoms with Gasteiger partial charge in [-0.15, -0.1) is 0 Å². The van der Waals surface area contributed by atoms with Crippen molar-refractivity contribution >= 4 is 16.5 Å². The highest BCUT2D eigenvalue weighted by molar-refractivity contribution is 6.04. The zero-order chi connectivity index (χ0) is 14.7. The molecule has 0 aliphatic rings. The van der Waals surface area contributed by atoms with E-state index in [1.807, 2.05) is 19.1 Å². The molecule has 20 heavy (non-hydrogen) atoms. The first-order valence-corrected chi connectivity index (χ1v) is 7.34. The van der Waals surface area contributed by atoms with E-state index in [0.29, 0.717) is 0 Å². The Hall–Kier alpha value is -1.83. The first-order chi connectivity index (χ1) is 9.56. The topological polar surface area (TPSA) is 15.6 Å². The van der Waals surface area contributed by atoms with Crippen molar-refractivity contribution in [3.05, 3.63) is 47.0 Å². The summed E-state index contributed by atoms with van der Waals surface area (Å²) >= 11 is 0. The van der Waals surface area contributed by atoms with Crippen LogP contribution in [0.1, 0.15) is 37.5 Å². The van der Waals surface area contributed by atoms with Crippen LogP contribution in [-0.2, 0) is 12.8 Å². The standard InChI is InChI=1S/C18H24N2/c1-6-14-9-8-10-16-11-15(7-2)17(12-18(14)16)13(3)19-20(4)5/h8-12H,6-7H2,1-5H3/b19-13+.